The summed E-state index contributed by atoms with van der Waals surface area (Å²) < 4.78 is 0. The van der Waals surface area contributed by atoms with Gasteiger partial charge in [0.05, 0.1) is 0 Å². The molecule has 112 valence electrons. The second kappa shape index (κ2) is 6.66. The van der Waals surface area contributed by atoms with Gasteiger partial charge in [-0.2, -0.15) is 0 Å². The van der Waals surface area contributed by atoms with Gasteiger partial charge in [-0.05, 0) is 72.1 Å². The Morgan fingerprint density at radius 2 is 1.76 bits per heavy atom. The first kappa shape index (κ1) is 16.1. The molecule has 0 aliphatic carbocycles. The lowest BCUT2D eigenvalue weighted by Gasteiger charge is -2.15. The summed E-state index contributed by atoms with van der Waals surface area (Å²) >= 11 is 6.45. The van der Waals surface area contributed by atoms with Crippen molar-refractivity contribution in [3.8, 4) is 0 Å². The zero-order chi connectivity index (χ0) is 15.6. The summed E-state index contributed by atoms with van der Waals surface area (Å²) in [7, 11) is 0. The molecule has 0 fully saturated rings. The van der Waals surface area contributed by atoms with Crippen LogP contribution in [0.25, 0.3) is 0 Å². The molecule has 0 bridgehead atoms. The smallest absolute Gasteiger partial charge is 0.0446 e. The molecular weight excluding hydrogens is 276 g/mol. The van der Waals surface area contributed by atoms with E-state index >= 15 is 0 Å². The molecule has 0 aromatic heterocycles. The maximum Gasteiger partial charge on any atom is 0.0446 e. The number of halogens is 1. The molecule has 0 N–H and O–H groups in total. The maximum atomic E-state index is 6.45. The largest absolute Gasteiger partial charge is 0.0840 e. The molecule has 0 radical (unpaired) electrons. The van der Waals surface area contributed by atoms with Crippen molar-refractivity contribution in [1.82, 2.24) is 0 Å². The van der Waals surface area contributed by atoms with Crippen molar-refractivity contribution in [1.29, 1.82) is 0 Å². The molecule has 1 heteroatoms. The van der Waals surface area contributed by atoms with Gasteiger partial charge in [0.1, 0.15) is 0 Å². The van der Waals surface area contributed by atoms with E-state index < -0.39 is 0 Å². The van der Waals surface area contributed by atoms with Crippen LogP contribution in [0.4, 0.5) is 0 Å². The molecular formula is C20H25Cl. The number of aryl methyl sites for hydroxylation is 3. The summed E-state index contributed by atoms with van der Waals surface area (Å²) in [5, 5.41) is 0.887. The minimum atomic E-state index is 0.564. The first-order valence-corrected chi connectivity index (χ1v) is 8.17. The number of benzene rings is 2. The topological polar surface area (TPSA) is 0 Å². The number of hydrogen-bond acceptors (Lipinski definition) is 0. The Balaban J connectivity index is 2.39. The van der Waals surface area contributed by atoms with E-state index in [0.29, 0.717) is 5.92 Å². The highest BCUT2D eigenvalue weighted by Crippen LogP contribution is 2.27. The van der Waals surface area contributed by atoms with E-state index in [9.17, 15) is 0 Å². The Morgan fingerprint density at radius 1 is 1.05 bits per heavy atom. The van der Waals surface area contributed by atoms with Crippen LogP contribution in [-0.4, -0.2) is 0 Å². The van der Waals surface area contributed by atoms with Crippen LogP contribution in [0.3, 0.4) is 0 Å². The zero-order valence-electron chi connectivity index (χ0n) is 13.8. The molecule has 0 aliphatic heterocycles. The highest BCUT2D eigenvalue weighted by Gasteiger charge is 2.10. The van der Waals surface area contributed by atoms with Gasteiger partial charge in [0.25, 0.3) is 0 Å². The van der Waals surface area contributed by atoms with Gasteiger partial charge >= 0.3 is 0 Å². The van der Waals surface area contributed by atoms with Crippen LogP contribution < -0.4 is 0 Å². The molecule has 2 aromatic rings. The van der Waals surface area contributed by atoms with Gasteiger partial charge in [0.2, 0.25) is 0 Å². The van der Waals surface area contributed by atoms with Crippen molar-refractivity contribution in [3.05, 3.63) is 68.7 Å². The first-order chi connectivity index (χ1) is 9.92. The van der Waals surface area contributed by atoms with Gasteiger partial charge in [0, 0.05) is 5.02 Å². The van der Waals surface area contributed by atoms with Crippen LogP contribution in [0.2, 0.25) is 5.02 Å². The highest BCUT2D eigenvalue weighted by atomic mass is 35.5. The summed E-state index contributed by atoms with van der Waals surface area (Å²) in [6.45, 7) is 11.0. The zero-order valence-corrected chi connectivity index (χ0v) is 14.5. The van der Waals surface area contributed by atoms with E-state index in [-0.39, 0.29) is 0 Å². The molecule has 2 rings (SSSR count). The Kier molecular flexibility index (Phi) is 5.11. The fourth-order valence-corrected chi connectivity index (χ4v) is 3.38. The average Bonchev–Trinajstić information content (AvgIpc) is 2.42. The van der Waals surface area contributed by atoms with Gasteiger partial charge in [-0.3, -0.25) is 0 Å². The van der Waals surface area contributed by atoms with Gasteiger partial charge in [-0.25, -0.2) is 0 Å². The van der Waals surface area contributed by atoms with Crippen LogP contribution in [0, 0.1) is 13.8 Å². The third kappa shape index (κ3) is 3.68. The van der Waals surface area contributed by atoms with Crippen LogP contribution in [-0.2, 0) is 12.8 Å². The standard InChI is InChI=1S/C20H25Cl/c1-6-17-8-7-16(11-18(17)13(2)3)12-19-15(5)9-14(4)10-20(19)21/h7-11,13H,6,12H2,1-5H3. The monoisotopic (exact) mass is 300 g/mol. The van der Waals surface area contributed by atoms with Crippen molar-refractivity contribution in [2.24, 2.45) is 0 Å². The van der Waals surface area contributed by atoms with Crippen LogP contribution >= 0.6 is 11.6 Å². The molecule has 0 heterocycles. The first-order valence-electron chi connectivity index (χ1n) is 7.79. The summed E-state index contributed by atoms with van der Waals surface area (Å²) in [5.41, 5.74) is 8.04. The molecule has 0 aliphatic rings. The lowest BCUT2D eigenvalue weighted by atomic mass is 9.91. The average molecular weight is 301 g/mol. The minimum absolute atomic E-state index is 0.564. The van der Waals surface area contributed by atoms with E-state index in [0.717, 1.165) is 17.9 Å². The quantitative estimate of drug-likeness (QED) is 0.627. The predicted octanol–water partition coefficient (Wildman–Crippen LogP) is 6.23. The SMILES string of the molecule is CCc1ccc(Cc2c(C)cc(C)cc2Cl)cc1C(C)C. The number of rotatable bonds is 4. The third-order valence-corrected chi connectivity index (χ3v) is 4.49. The van der Waals surface area contributed by atoms with Crippen LogP contribution in [0.15, 0.2) is 30.3 Å². The van der Waals surface area contributed by atoms with Crippen molar-refractivity contribution < 1.29 is 0 Å². The molecule has 0 spiro atoms. The summed E-state index contributed by atoms with van der Waals surface area (Å²) in [4.78, 5) is 0. The Hall–Kier alpha value is -1.27. The van der Waals surface area contributed by atoms with Crippen molar-refractivity contribution in [2.75, 3.05) is 0 Å². The van der Waals surface area contributed by atoms with Crippen LogP contribution in [0.5, 0.6) is 0 Å². The van der Waals surface area contributed by atoms with Gasteiger partial charge in [0.15, 0.2) is 0 Å². The van der Waals surface area contributed by atoms with Gasteiger partial charge in [-0.15, -0.1) is 0 Å². The lowest BCUT2D eigenvalue weighted by molar-refractivity contribution is 0.840. The van der Waals surface area contributed by atoms with E-state index in [2.05, 4.69) is 65.0 Å². The van der Waals surface area contributed by atoms with E-state index in [1.807, 2.05) is 0 Å². The van der Waals surface area contributed by atoms with Crippen molar-refractivity contribution in [3.63, 3.8) is 0 Å². The molecule has 21 heavy (non-hydrogen) atoms. The van der Waals surface area contributed by atoms with Crippen molar-refractivity contribution >= 4 is 11.6 Å². The van der Waals surface area contributed by atoms with Crippen LogP contribution in [0.1, 0.15) is 60.1 Å². The summed E-state index contributed by atoms with van der Waals surface area (Å²) in [5.74, 6) is 0.564. The number of hydrogen-bond donors (Lipinski definition) is 0. The van der Waals surface area contributed by atoms with E-state index in [1.165, 1.54) is 33.4 Å². The molecule has 0 saturated heterocycles. The molecule has 0 atom stereocenters. The Morgan fingerprint density at radius 3 is 2.33 bits per heavy atom. The van der Waals surface area contributed by atoms with Gasteiger partial charge < -0.3 is 0 Å². The van der Waals surface area contributed by atoms with Crippen molar-refractivity contribution in [2.45, 2.75) is 53.4 Å². The second-order valence-electron chi connectivity index (χ2n) is 6.26. The third-order valence-electron chi connectivity index (χ3n) is 4.16. The molecule has 0 nitrogen and oxygen atoms in total. The minimum Gasteiger partial charge on any atom is -0.0840 e. The highest BCUT2D eigenvalue weighted by molar-refractivity contribution is 6.31. The van der Waals surface area contributed by atoms with E-state index in [1.54, 1.807) is 0 Å². The molecule has 0 amide bonds. The summed E-state index contributed by atoms with van der Waals surface area (Å²) in [6.07, 6.45) is 2.01. The molecule has 2 aromatic carbocycles. The predicted molar refractivity (Wildman–Crippen MR) is 93.6 cm³/mol. The maximum absolute atomic E-state index is 6.45. The molecule has 0 saturated carbocycles. The normalized spacial score (nSPS) is 11.2. The molecule has 0 unspecified atom stereocenters. The fourth-order valence-electron chi connectivity index (χ4n) is 2.99. The Bertz CT molecular complexity index is 615. The fraction of sp³-hybridized carbons (Fsp3) is 0.400. The lowest BCUT2D eigenvalue weighted by Crippen LogP contribution is -2.00. The van der Waals surface area contributed by atoms with Gasteiger partial charge in [-0.1, -0.05) is 56.6 Å². The Labute approximate surface area is 134 Å². The second-order valence-corrected chi connectivity index (χ2v) is 6.67. The summed E-state index contributed by atoms with van der Waals surface area (Å²) in [6, 6.07) is 11.2. The van der Waals surface area contributed by atoms with E-state index in [4.69, 9.17) is 11.6 Å².